The van der Waals surface area contributed by atoms with Gasteiger partial charge in [-0.2, -0.15) is 0 Å². The number of rotatable bonds is 5. The summed E-state index contributed by atoms with van der Waals surface area (Å²) in [6.07, 6.45) is 7.16. The number of carbonyl (C=O) groups excluding carboxylic acids is 2. The zero-order valence-corrected chi connectivity index (χ0v) is 18.1. The summed E-state index contributed by atoms with van der Waals surface area (Å²) in [6.45, 7) is 1.38. The lowest BCUT2D eigenvalue weighted by Crippen LogP contribution is -2.40. The smallest absolute Gasteiger partial charge is 0.341 e. The zero-order valence-electron chi connectivity index (χ0n) is 18.1. The standard InChI is InChI=1S/C26H23N3O4/c30-23-20-15-27-12-8-21(20)26(33-23)11-13-29(17-26)24(31)25(9-10-25)19-6-7-22(28-14-19)32-16-18-4-2-1-3-5-18/h1-8,12,14-15H,9-11,13,16-17H2. The summed E-state index contributed by atoms with van der Waals surface area (Å²) in [7, 11) is 0. The van der Waals surface area contributed by atoms with Gasteiger partial charge >= 0.3 is 5.97 Å². The van der Waals surface area contributed by atoms with Gasteiger partial charge in [0.15, 0.2) is 5.60 Å². The Morgan fingerprint density at radius 2 is 1.91 bits per heavy atom. The Labute approximate surface area is 191 Å². The van der Waals surface area contributed by atoms with Crippen LogP contribution in [0.15, 0.2) is 67.1 Å². The first kappa shape index (κ1) is 19.9. The number of carbonyl (C=O) groups is 2. The number of ether oxygens (including phenoxy) is 2. The molecule has 3 aliphatic rings. The molecule has 4 heterocycles. The van der Waals surface area contributed by atoms with Gasteiger partial charge in [0.05, 0.1) is 17.5 Å². The Bertz CT molecular complexity index is 1220. The highest BCUT2D eigenvalue weighted by Gasteiger charge is 2.58. The molecule has 2 fully saturated rings. The van der Waals surface area contributed by atoms with E-state index in [1.807, 2.05) is 53.4 Å². The van der Waals surface area contributed by atoms with Crippen molar-refractivity contribution in [2.24, 2.45) is 0 Å². The van der Waals surface area contributed by atoms with E-state index in [1.54, 1.807) is 18.6 Å². The predicted molar refractivity (Wildman–Crippen MR) is 118 cm³/mol. The molecule has 0 bridgehead atoms. The molecule has 33 heavy (non-hydrogen) atoms. The Morgan fingerprint density at radius 3 is 2.67 bits per heavy atom. The van der Waals surface area contributed by atoms with Gasteiger partial charge in [0.1, 0.15) is 6.61 Å². The summed E-state index contributed by atoms with van der Waals surface area (Å²) in [5.74, 6) is 0.260. The summed E-state index contributed by atoms with van der Waals surface area (Å²) in [4.78, 5) is 36.2. The second-order valence-electron chi connectivity index (χ2n) is 9.02. The van der Waals surface area contributed by atoms with Crippen molar-refractivity contribution in [3.05, 3.63) is 89.4 Å². The number of hydrogen-bond acceptors (Lipinski definition) is 6. The first-order valence-electron chi connectivity index (χ1n) is 11.2. The van der Waals surface area contributed by atoms with Gasteiger partial charge in [-0.25, -0.2) is 9.78 Å². The summed E-state index contributed by atoms with van der Waals surface area (Å²) in [6, 6.07) is 15.5. The van der Waals surface area contributed by atoms with Crippen molar-refractivity contribution in [1.29, 1.82) is 0 Å². The zero-order chi connectivity index (χ0) is 22.5. The molecule has 1 saturated heterocycles. The normalized spacial score (nSPS) is 22.2. The number of hydrogen-bond donors (Lipinski definition) is 0. The molecule has 2 aliphatic heterocycles. The van der Waals surface area contributed by atoms with Crippen LogP contribution in [0.25, 0.3) is 0 Å². The quantitative estimate of drug-likeness (QED) is 0.565. The number of benzene rings is 1. The molecule has 2 aromatic heterocycles. The van der Waals surface area contributed by atoms with Crippen LogP contribution in [0.2, 0.25) is 0 Å². The summed E-state index contributed by atoms with van der Waals surface area (Å²) < 4.78 is 11.6. The molecular formula is C26H23N3O4. The predicted octanol–water partition coefficient (Wildman–Crippen LogP) is 3.39. The number of likely N-dealkylation sites (tertiary alicyclic amines) is 1. The lowest BCUT2D eigenvalue weighted by Gasteiger charge is -2.26. The Morgan fingerprint density at radius 1 is 1.06 bits per heavy atom. The van der Waals surface area contributed by atoms with E-state index in [2.05, 4.69) is 9.97 Å². The molecule has 1 atom stereocenters. The molecular weight excluding hydrogens is 418 g/mol. The number of aromatic nitrogens is 2. The van der Waals surface area contributed by atoms with E-state index in [4.69, 9.17) is 9.47 Å². The molecule has 1 unspecified atom stereocenters. The maximum atomic E-state index is 13.6. The molecule has 7 heteroatoms. The molecule has 166 valence electrons. The lowest BCUT2D eigenvalue weighted by atomic mass is 9.92. The molecule has 1 aromatic carbocycles. The number of esters is 1. The highest BCUT2D eigenvalue weighted by molar-refractivity contribution is 5.95. The Balaban J connectivity index is 1.16. The van der Waals surface area contributed by atoms with Gasteiger partial charge in [0, 0.05) is 43.2 Å². The highest BCUT2D eigenvalue weighted by Crippen LogP contribution is 2.52. The molecule has 6 rings (SSSR count). The Kier molecular flexibility index (Phi) is 4.47. The fraction of sp³-hybridized carbons (Fsp3) is 0.308. The van der Waals surface area contributed by atoms with E-state index in [0.717, 1.165) is 29.5 Å². The van der Waals surface area contributed by atoms with Crippen LogP contribution < -0.4 is 4.74 Å². The topological polar surface area (TPSA) is 81.6 Å². The van der Waals surface area contributed by atoms with Crippen molar-refractivity contribution in [1.82, 2.24) is 14.9 Å². The van der Waals surface area contributed by atoms with E-state index in [1.165, 1.54) is 0 Å². The lowest BCUT2D eigenvalue weighted by molar-refractivity contribution is -0.134. The fourth-order valence-electron chi connectivity index (χ4n) is 5.03. The van der Waals surface area contributed by atoms with Crippen molar-refractivity contribution in [3.63, 3.8) is 0 Å². The van der Waals surface area contributed by atoms with Crippen molar-refractivity contribution in [2.75, 3.05) is 13.1 Å². The van der Waals surface area contributed by atoms with Crippen molar-refractivity contribution < 1.29 is 19.1 Å². The monoisotopic (exact) mass is 441 g/mol. The first-order valence-corrected chi connectivity index (χ1v) is 11.2. The fourth-order valence-corrected chi connectivity index (χ4v) is 5.03. The minimum atomic E-state index is -0.755. The average Bonchev–Trinajstić information content (AvgIpc) is 3.49. The van der Waals surface area contributed by atoms with Crippen LogP contribution in [0.5, 0.6) is 5.88 Å². The van der Waals surface area contributed by atoms with Gasteiger partial charge in [-0.15, -0.1) is 0 Å². The second kappa shape index (κ2) is 7.40. The maximum absolute atomic E-state index is 13.6. The number of amides is 1. The summed E-state index contributed by atoms with van der Waals surface area (Å²) in [5.41, 5.74) is 2.03. The van der Waals surface area contributed by atoms with Gasteiger partial charge in [-0.05, 0) is 30.0 Å². The van der Waals surface area contributed by atoms with Crippen LogP contribution in [-0.4, -0.2) is 39.8 Å². The van der Waals surface area contributed by atoms with Crippen molar-refractivity contribution >= 4 is 11.9 Å². The molecule has 0 radical (unpaired) electrons. The maximum Gasteiger partial charge on any atom is 0.341 e. The van der Waals surface area contributed by atoms with Crippen LogP contribution in [0.4, 0.5) is 0 Å². The van der Waals surface area contributed by atoms with E-state index < -0.39 is 11.0 Å². The number of fused-ring (bicyclic) bond motifs is 2. The Hall–Kier alpha value is -3.74. The highest BCUT2D eigenvalue weighted by atomic mass is 16.6. The third-order valence-electron chi connectivity index (χ3n) is 7.02. The summed E-state index contributed by atoms with van der Waals surface area (Å²) in [5, 5.41) is 0. The van der Waals surface area contributed by atoms with Crippen molar-refractivity contribution in [3.8, 4) is 5.88 Å². The van der Waals surface area contributed by atoms with Gasteiger partial charge in [-0.3, -0.25) is 9.78 Å². The molecule has 1 spiro atoms. The van der Waals surface area contributed by atoms with Crippen LogP contribution >= 0.6 is 0 Å². The van der Waals surface area contributed by atoms with Gasteiger partial charge in [-0.1, -0.05) is 36.4 Å². The van der Waals surface area contributed by atoms with Crippen LogP contribution in [0.3, 0.4) is 0 Å². The van der Waals surface area contributed by atoms with Gasteiger partial charge in [0.25, 0.3) is 0 Å². The minimum absolute atomic E-state index is 0.0812. The third kappa shape index (κ3) is 3.26. The van der Waals surface area contributed by atoms with Crippen LogP contribution in [-0.2, 0) is 27.2 Å². The van der Waals surface area contributed by atoms with Gasteiger partial charge in [0.2, 0.25) is 11.8 Å². The summed E-state index contributed by atoms with van der Waals surface area (Å²) >= 11 is 0. The minimum Gasteiger partial charge on any atom is -0.473 e. The number of nitrogens with zero attached hydrogens (tertiary/aromatic N) is 3. The van der Waals surface area contributed by atoms with E-state index in [0.29, 0.717) is 37.6 Å². The van der Waals surface area contributed by atoms with E-state index >= 15 is 0 Å². The number of pyridine rings is 2. The van der Waals surface area contributed by atoms with Crippen molar-refractivity contribution in [2.45, 2.75) is 36.9 Å². The largest absolute Gasteiger partial charge is 0.473 e. The molecule has 1 amide bonds. The van der Waals surface area contributed by atoms with E-state index in [-0.39, 0.29) is 11.9 Å². The molecule has 3 aromatic rings. The SMILES string of the molecule is O=C1OC2(CCN(C(=O)C3(c4ccc(OCc5ccccc5)nc4)CC3)C2)c2ccncc21. The van der Waals surface area contributed by atoms with Crippen LogP contribution in [0, 0.1) is 0 Å². The average molecular weight is 441 g/mol. The molecule has 0 N–H and O–H groups in total. The molecule has 1 aliphatic carbocycles. The van der Waals surface area contributed by atoms with E-state index in [9.17, 15) is 9.59 Å². The first-order chi connectivity index (χ1) is 16.1. The molecule has 7 nitrogen and oxygen atoms in total. The second-order valence-corrected chi connectivity index (χ2v) is 9.02. The third-order valence-corrected chi connectivity index (χ3v) is 7.02. The molecule has 1 saturated carbocycles. The van der Waals surface area contributed by atoms with Crippen LogP contribution in [0.1, 0.15) is 46.3 Å². The van der Waals surface area contributed by atoms with Gasteiger partial charge < -0.3 is 14.4 Å².